The first kappa shape index (κ1) is 16.3. The number of nitrogens with zero attached hydrogens (tertiary/aromatic N) is 2. The summed E-state index contributed by atoms with van der Waals surface area (Å²) in [5, 5.41) is 2.70. The number of aryl methyl sites for hydroxylation is 2. The van der Waals surface area contributed by atoms with E-state index < -0.39 is 11.9 Å². The normalized spacial score (nSPS) is 10.1. The Balaban J connectivity index is 1.89. The van der Waals surface area contributed by atoms with E-state index >= 15 is 0 Å². The van der Waals surface area contributed by atoms with E-state index in [9.17, 15) is 9.59 Å². The molecule has 0 atom stereocenters. The van der Waals surface area contributed by atoms with E-state index in [1.165, 1.54) is 12.4 Å². The third kappa shape index (κ3) is 4.48. The van der Waals surface area contributed by atoms with Crippen molar-refractivity contribution >= 4 is 40.2 Å². The topological polar surface area (TPSA) is 81.2 Å². The standard InChI is InChI=1S/C15H14IN3O3/c1-9-5-11(16)3-4-12(9)19-14(20)8-22-15(21)13-7-17-10(2)6-18-13/h3-7H,8H2,1-2H3,(H,19,20). The van der Waals surface area contributed by atoms with Gasteiger partial charge in [0.2, 0.25) is 0 Å². The van der Waals surface area contributed by atoms with E-state index in [0.717, 1.165) is 9.13 Å². The van der Waals surface area contributed by atoms with Crippen molar-refractivity contribution < 1.29 is 14.3 Å². The van der Waals surface area contributed by atoms with Gasteiger partial charge in [-0.25, -0.2) is 9.78 Å². The van der Waals surface area contributed by atoms with E-state index in [-0.39, 0.29) is 12.3 Å². The summed E-state index contributed by atoms with van der Waals surface area (Å²) < 4.78 is 5.99. The highest BCUT2D eigenvalue weighted by Gasteiger charge is 2.12. The average molecular weight is 411 g/mol. The molecule has 0 saturated heterocycles. The number of carbonyl (C=O) groups is 2. The van der Waals surface area contributed by atoms with Crippen LogP contribution in [0, 0.1) is 17.4 Å². The lowest BCUT2D eigenvalue weighted by molar-refractivity contribution is -0.119. The Bertz CT molecular complexity index is 702. The minimum Gasteiger partial charge on any atom is -0.451 e. The lowest BCUT2D eigenvalue weighted by atomic mass is 10.2. The van der Waals surface area contributed by atoms with Gasteiger partial charge in [-0.15, -0.1) is 0 Å². The number of halogens is 1. The smallest absolute Gasteiger partial charge is 0.359 e. The molecule has 2 rings (SSSR count). The largest absolute Gasteiger partial charge is 0.451 e. The second-order valence-electron chi connectivity index (χ2n) is 4.63. The zero-order valence-corrected chi connectivity index (χ0v) is 14.2. The molecule has 114 valence electrons. The van der Waals surface area contributed by atoms with Crippen molar-refractivity contribution in [2.45, 2.75) is 13.8 Å². The number of ether oxygens (including phenoxy) is 1. The van der Waals surface area contributed by atoms with Gasteiger partial charge in [0.1, 0.15) is 0 Å². The first-order chi connectivity index (χ1) is 10.5. The van der Waals surface area contributed by atoms with Gasteiger partial charge in [0.05, 0.1) is 11.9 Å². The molecule has 1 heterocycles. The summed E-state index contributed by atoms with van der Waals surface area (Å²) in [6.07, 6.45) is 2.78. The highest BCUT2D eigenvalue weighted by molar-refractivity contribution is 14.1. The summed E-state index contributed by atoms with van der Waals surface area (Å²) in [5.74, 6) is -1.08. The van der Waals surface area contributed by atoms with Gasteiger partial charge in [0, 0.05) is 15.5 Å². The fraction of sp³-hybridized carbons (Fsp3) is 0.200. The van der Waals surface area contributed by atoms with E-state index in [0.29, 0.717) is 11.4 Å². The number of carbonyl (C=O) groups excluding carboxylic acids is 2. The summed E-state index contributed by atoms with van der Waals surface area (Å²) >= 11 is 2.19. The molecule has 1 amide bonds. The van der Waals surface area contributed by atoms with Gasteiger partial charge in [0.15, 0.2) is 12.3 Å². The van der Waals surface area contributed by atoms with Crippen molar-refractivity contribution in [2.75, 3.05) is 11.9 Å². The molecule has 22 heavy (non-hydrogen) atoms. The van der Waals surface area contributed by atoms with Gasteiger partial charge in [-0.05, 0) is 60.2 Å². The Morgan fingerprint density at radius 2 is 2.00 bits per heavy atom. The maximum atomic E-state index is 11.8. The molecule has 0 spiro atoms. The van der Waals surface area contributed by atoms with Crippen molar-refractivity contribution in [2.24, 2.45) is 0 Å². The Morgan fingerprint density at radius 1 is 1.23 bits per heavy atom. The van der Waals surface area contributed by atoms with E-state index in [4.69, 9.17) is 4.74 Å². The third-order valence-electron chi connectivity index (χ3n) is 2.79. The van der Waals surface area contributed by atoms with Crippen molar-refractivity contribution in [1.29, 1.82) is 0 Å². The van der Waals surface area contributed by atoms with E-state index in [1.54, 1.807) is 6.92 Å². The minimum atomic E-state index is -0.679. The van der Waals surface area contributed by atoms with Crippen LogP contribution in [0.15, 0.2) is 30.6 Å². The van der Waals surface area contributed by atoms with Crippen LogP contribution in [-0.4, -0.2) is 28.5 Å². The summed E-state index contributed by atoms with van der Waals surface area (Å²) in [7, 11) is 0. The summed E-state index contributed by atoms with van der Waals surface area (Å²) in [4.78, 5) is 31.4. The molecule has 1 N–H and O–H groups in total. The zero-order valence-electron chi connectivity index (χ0n) is 12.1. The molecule has 7 heteroatoms. The fourth-order valence-electron chi connectivity index (χ4n) is 1.66. The van der Waals surface area contributed by atoms with Crippen LogP contribution in [0.4, 0.5) is 5.69 Å². The van der Waals surface area contributed by atoms with Crippen LogP contribution >= 0.6 is 22.6 Å². The molecule has 1 aromatic heterocycles. The lowest BCUT2D eigenvalue weighted by Crippen LogP contribution is -2.21. The average Bonchev–Trinajstić information content (AvgIpc) is 2.48. The third-order valence-corrected chi connectivity index (χ3v) is 3.46. The number of aromatic nitrogens is 2. The SMILES string of the molecule is Cc1cnc(C(=O)OCC(=O)Nc2ccc(I)cc2C)cn1. The van der Waals surface area contributed by atoms with E-state index in [2.05, 4.69) is 37.9 Å². The zero-order chi connectivity index (χ0) is 16.1. The Labute approximate surface area is 141 Å². The molecule has 0 unspecified atom stereocenters. The van der Waals surface area contributed by atoms with Gasteiger partial charge >= 0.3 is 5.97 Å². The van der Waals surface area contributed by atoms with Gasteiger partial charge in [-0.2, -0.15) is 0 Å². The lowest BCUT2D eigenvalue weighted by Gasteiger charge is -2.09. The van der Waals surface area contributed by atoms with Gasteiger partial charge in [-0.1, -0.05) is 0 Å². The first-order valence-electron chi connectivity index (χ1n) is 6.47. The molecule has 0 aliphatic heterocycles. The number of esters is 1. The maximum absolute atomic E-state index is 11.8. The summed E-state index contributed by atoms with van der Waals surface area (Å²) in [6.45, 7) is 3.28. The number of hydrogen-bond acceptors (Lipinski definition) is 5. The van der Waals surface area contributed by atoms with Crippen LogP contribution in [0.3, 0.4) is 0 Å². The fourth-order valence-corrected chi connectivity index (χ4v) is 2.30. The van der Waals surface area contributed by atoms with Crippen molar-refractivity contribution in [3.63, 3.8) is 0 Å². The highest BCUT2D eigenvalue weighted by Crippen LogP contribution is 2.17. The van der Waals surface area contributed by atoms with Crippen LogP contribution in [0.25, 0.3) is 0 Å². The number of nitrogens with one attached hydrogen (secondary N) is 1. The molecule has 2 aromatic rings. The molecule has 0 bridgehead atoms. The number of anilines is 1. The van der Waals surface area contributed by atoms with Crippen molar-refractivity contribution in [3.8, 4) is 0 Å². The van der Waals surface area contributed by atoms with Gasteiger partial charge in [-0.3, -0.25) is 9.78 Å². The van der Waals surface area contributed by atoms with Gasteiger partial charge < -0.3 is 10.1 Å². The molecular formula is C15H14IN3O3. The summed E-state index contributed by atoms with van der Waals surface area (Å²) in [5.41, 5.74) is 2.40. The van der Waals surface area contributed by atoms with Crippen LogP contribution in [0.2, 0.25) is 0 Å². The minimum absolute atomic E-state index is 0.0730. The molecule has 6 nitrogen and oxygen atoms in total. The second kappa shape index (κ2) is 7.30. The van der Waals surface area contributed by atoms with E-state index in [1.807, 2.05) is 25.1 Å². The molecular weight excluding hydrogens is 397 g/mol. The molecule has 0 saturated carbocycles. The monoisotopic (exact) mass is 411 g/mol. The predicted molar refractivity (Wildman–Crippen MR) is 89.6 cm³/mol. The number of rotatable bonds is 4. The second-order valence-corrected chi connectivity index (χ2v) is 5.87. The number of amides is 1. The van der Waals surface area contributed by atoms with Crippen molar-refractivity contribution in [3.05, 3.63) is 51.1 Å². The Morgan fingerprint density at radius 3 is 2.64 bits per heavy atom. The Hall–Kier alpha value is -2.03. The van der Waals surface area contributed by atoms with Crippen LogP contribution in [0.5, 0.6) is 0 Å². The molecule has 0 radical (unpaired) electrons. The number of hydrogen-bond donors (Lipinski definition) is 1. The summed E-state index contributed by atoms with van der Waals surface area (Å²) in [6, 6.07) is 5.64. The quantitative estimate of drug-likeness (QED) is 0.618. The first-order valence-corrected chi connectivity index (χ1v) is 7.55. The van der Waals surface area contributed by atoms with Crippen LogP contribution in [0.1, 0.15) is 21.7 Å². The highest BCUT2D eigenvalue weighted by atomic mass is 127. The molecule has 0 aliphatic rings. The Kier molecular flexibility index (Phi) is 5.42. The maximum Gasteiger partial charge on any atom is 0.359 e. The molecule has 0 fully saturated rings. The van der Waals surface area contributed by atoms with Gasteiger partial charge in [0.25, 0.3) is 5.91 Å². The molecule has 0 aliphatic carbocycles. The van der Waals surface area contributed by atoms with Crippen LogP contribution in [-0.2, 0) is 9.53 Å². The van der Waals surface area contributed by atoms with Crippen molar-refractivity contribution in [1.82, 2.24) is 9.97 Å². The molecule has 1 aromatic carbocycles. The number of benzene rings is 1. The van der Waals surface area contributed by atoms with Crippen LogP contribution < -0.4 is 5.32 Å². The predicted octanol–water partition coefficient (Wildman–Crippen LogP) is 2.49.